The minimum atomic E-state index is -0.548. The van der Waals surface area contributed by atoms with Crippen LogP contribution in [0.5, 0.6) is 0 Å². The Morgan fingerprint density at radius 1 is 1.39 bits per heavy atom. The van der Waals surface area contributed by atoms with Crippen LogP contribution in [-0.4, -0.2) is 23.3 Å². The largest absolute Gasteiger partial charge is 0.324 e. The molecule has 0 unspecified atom stereocenters. The van der Waals surface area contributed by atoms with Gasteiger partial charge in [-0.2, -0.15) is 0 Å². The van der Waals surface area contributed by atoms with Crippen LogP contribution in [0.15, 0.2) is 42.7 Å². The van der Waals surface area contributed by atoms with E-state index in [1.165, 1.54) is 29.3 Å². The van der Waals surface area contributed by atoms with E-state index in [4.69, 9.17) is 11.6 Å². The molecular formula is C16H13ClFN3O2. The molecule has 0 bridgehead atoms. The number of halogens is 2. The number of rotatable bonds is 3. The molecule has 1 saturated heterocycles. The molecule has 23 heavy (non-hydrogen) atoms. The zero-order valence-corrected chi connectivity index (χ0v) is 12.8. The molecule has 1 aromatic carbocycles. The van der Waals surface area contributed by atoms with E-state index in [1.54, 1.807) is 18.3 Å². The molecule has 2 amide bonds. The van der Waals surface area contributed by atoms with Crippen molar-refractivity contribution in [3.8, 4) is 0 Å². The second kappa shape index (κ2) is 6.34. The Balaban J connectivity index is 1.71. The molecule has 0 radical (unpaired) electrons. The summed E-state index contributed by atoms with van der Waals surface area (Å²) in [4.78, 5) is 29.8. The molecule has 118 valence electrons. The van der Waals surface area contributed by atoms with Gasteiger partial charge in [0.15, 0.2) is 0 Å². The van der Waals surface area contributed by atoms with Crippen LogP contribution >= 0.6 is 11.6 Å². The predicted molar refractivity (Wildman–Crippen MR) is 84.7 cm³/mol. The summed E-state index contributed by atoms with van der Waals surface area (Å²) in [5.41, 5.74) is 1.06. The average molecular weight is 334 g/mol. The zero-order chi connectivity index (χ0) is 16.4. The molecule has 5 nitrogen and oxygen atoms in total. The van der Waals surface area contributed by atoms with E-state index < -0.39 is 11.7 Å². The maximum atomic E-state index is 13.2. The van der Waals surface area contributed by atoms with E-state index >= 15 is 0 Å². The van der Waals surface area contributed by atoms with Crippen molar-refractivity contribution in [3.63, 3.8) is 0 Å². The van der Waals surface area contributed by atoms with Gasteiger partial charge in [0.1, 0.15) is 5.82 Å². The summed E-state index contributed by atoms with van der Waals surface area (Å²) in [5, 5.41) is 2.67. The van der Waals surface area contributed by atoms with E-state index in [0.29, 0.717) is 11.4 Å². The highest BCUT2D eigenvalue weighted by Gasteiger charge is 2.35. The van der Waals surface area contributed by atoms with Crippen molar-refractivity contribution in [2.75, 3.05) is 16.8 Å². The molecule has 0 spiro atoms. The first-order valence-corrected chi connectivity index (χ1v) is 7.38. The second-order valence-corrected chi connectivity index (χ2v) is 5.64. The third-order valence-corrected chi connectivity index (χ3v) is 3.93. The van der Waals surface area contributed by atoms with Crippen molar-refractivity contribution in [2.45, 2.75) is 6.42 Å². The summed E-state index contributed by atoms with van der Waals surface area (Å²) in [6.07, 6.45) is 3.24. The summed E-state index contributed by atoms with van der Waals surface area (Å²) in [7, 11) is 0. The fraction of sp³-hybridized carbons (Fsp3) is 0.188. The molecule has 7 heteroatoms. The van der Waals surface area contributed by atoms with E-state index in [1.807, 2.05) is 0 Å². The minimum absolute atomic E-state index is 0.0569. The Bertz CT molecular complexity index is 754. The number of nitrogens with one attached hydrogen (secondary N) is 1. The van der Waals surface area contributed by atoms with Crippen molar-refractivity contribution in [1.82, 2.24) is 4.98 Å². The molecule has 2 heterocycles. The van der Waals surface area contributed by atoms with Crippen molar-refractivity contribution >= 4 is 34.8 Å². The number of nitrogens with zero attached hydrogens (tertiary/aromatic N) is 2. The number of pyridine rings is 1. The molecule has 0 aliphatic carbocycles. The van der Waals surface area contributed by atoms with Gasteiger partial charge in [-0.25, -0.2) is 4.39 Å². The first kappa shape index (κ1) is 15.4. The van der Waals surface area contributed by atoms with E-state index in [2.05, 4.69) is 10.3 Å². The predicted octanol–water partition coefficient (Wildman–Crippen LogP) is 2.87. The van der Waals surface area contributed by atoms with Crippen molar-refractivity contribution in [1.29, 1.82) is 0 Å². The first-order valence-electron chi connectivity index (χ1n) is 7.01. The lowest BCUT2D eigenvalue weighted by molar-refractivity contribution is -0.122. The highest BCUT2D eigenvalue weighted by molar-refractivity contribution is 6.31. The van der Waals surface area contributed by atoms with Crippen LogP contribution in [0.2, 0.25) is 5.02 Å². The van der Waals surface area contributed by atoms with Gasteiger partial charge < -0.3 is 10.2 Å². The molecule has 0 saturated carbocycles. The number of carbonyl (C=O) groups is 2. The molecule has 1 N–H and O–H groups in total. The molecule has 2 aromatic rings. The summed E-state index contributed by atoms with van der Waals surface area (Å²) in [5.74, 6) is -1.47. The Morgan fingerprint density at radius 2 is 2.22 bits per heavy atom. The van der Waals surface area contributed by atoms with Gasteiger partial charge in [-0.3, -0.25) is 14.6 Å². The highest BCUT2D eigenvalue weighted by atomic mass is 35.5. The molecule has 1 aromatic heterocycles. The lowest BCUT2D eigenvalue weighted by atomic mass is 10.1. The van der Waals surface area contributed by atoms with Gasteiger partial charge >= 0.3 is 0 Å². The lowest BCUT2D eigenvalue weighted by Gasteiger charge is -2.17. The lowest BCUT2D eigenvalue weighted by Crippen LogP contribution is -2.28. The van der Waals surface area contributed by atoms with E-state index in [-0.39, 0.29) is 29.8 Å². The fourth-order valence-corrected chi connectivity index (χ4v) is 2.64. The Hall–Kier alpha value is -2.47. The topological polar surface area (TPSA) is 62.3 Å². The van der Waals surface area contributed by atoms with E-state index in [9.17, 15) is 14.0 Å². The normalized spacial score (nSPS) is 17.4. The third-order valence-electron chi connectivity index (χ3n) is 3.64. The van der Waals surface area contributed by atoms with E-state index in [0.717, 1.165) is 0 Å². The van der Waals surface area contributed by atoms with Crippen molar-refractivity contribution in [3.05, 3.63) is 53.6 Å². The monoisotopic (exact) mass is 333 g/mol. The Morgan fingerprint density at radius 3 is 2.91 bits per heavy atom. The van der Waals surface area contributed by atoms with Gasteiger partial charge in [-0.1, -0.05) is 11.6 Å². The fourth-order valence-electron chi connectivity index (χ4n) is 2.47. The Labute approximate surface area is 137 Å². The molecule has 1 aliphatic rings. The summed E-state index contributed by atoms with van der Waals surface area (Å²) < 4.78 is 13.2. The van der Waals surface area contributed by atoms with Gasteiger partial charge in [0.25, 0.3) is 0 Å². The summed E-state index contributed by atoms with van der Waals surface area (Å²) in [6.45, 7) is 0.229. The van der Waals surface area contributed by atoms with Crippen LogP contribution < -0.4 is 10.2 Å². The van der Waals surface area contributed by atoms with Crippen molar-refractivity contribution in [2.24, 2.45) is 5.92 Å². The second-order valence-electron chi connectivity index (χ2n) is 5.23. The number of anilines is 2. The Kier molecular flexibility index (Phi) is 4.25. The van der Waals surface area contributed by atoms with Crippen LogP contribution in [0, 0.1) is 11.7 Å². The third kappa shape index (κ3) is 3.32. The number of hydrogen-bond acceptors (Lipinski definition) is 3. The maximum Gasteiger partial charge on any atom is 0.229 e. The van der Waals surface area contributed by atoms with Gasteiger partial charge in [0.05, 0.1) is 22.8 Å². The number of carbonyl (C=O) groups excluding carboxylic acids is 2. The average Bonchev–Trinajstić information content (AvgIpc) is 2.93. The van der Waals surface area contributed by atoms with Crippen LogP contribution in [-0.2, 0) is 9.59 Å². The zero-order valence-electron chi connectivity index (χ0n) is 12.0. The minimum Gasteiger partial charge on any atom is -0.324 e. The standard InChI is InChI=1S/C16H13ClFN3O2/c17-13-7-12(3-4-14(13)18)21-9-10(6-15(21)22)16(23)20-11-2-1-5-19-8-11/h1-5,7-8,10H,6,9H2,(H,20,23)/t10-/m0/s1. The quantitative estimate of drug-likeness (QED) is 0.939. The molecule has 1 atom stereocenters. The van der Waals surface area contributed by atoms with Gasteiger partial charge in [0.2, 0.25) is 11.8 Å². The molecule has 1 aliphatic heterocycles. The smallest absolute Gasteiger partial charge is 0.229 e. The summed E-state index contributed by atoms with van der Waals surface area (Å²) in [6, 6.07) is 7.49. The number of hydrogen-bond donors (Lipinski definition) is 1. The van der Waals surface area contributed by atoms with Gasteiger partial charge in [-0.15, -0.1) is 0 Å². The number of aromatic nitrogens is 1. The van der Waals surface area contributed by atoms with Crippen LogP contribution in [0.4, 0.5) is 15.8 Å². The molecule has 3 rings (SSSR count). The van der Waals surface area contributed by atoms with Gasteiger partial charge in [0, 0.05) is 24.8 Å². The molecule has 1 fully saturated rings. The highest BCUT2D eigenvalue weighted by Crippen LogP contribution is 2.29. The molecular weight excluding hydrogens is 321 g/mol. The number of benzene rings is 1. The van der Waals surface area contributed by atoms with Crippen LogP contribution in [0.1, 0.15) is 6.42 Å². The first-order chi connectivity index (χ1) is 11.0. The van der Waals surface area contributed by atoms with Crippen LogP contribution in [0.25, 0.3) is 0 Å². The maximum absolute atomic E-state index is 13.2. The van der Waals surface area contributed by atoms with Gasteiger partial charge in [-0.05, 0) is 30.3 Å². The SMILES string of the molecule is O=C(Nc1cccnc1)[C@H]1CC(=O)N(c2ccc(F)c(Cl)c2)C1. The van der Waals surface area contributed by atoms with Crippen LogP contribution in [0.3, 0.4) is 0 Å². The summed E-state index contributed by atoms with van der Waals surface area (Å²) >= 11 is 5.75. The number of amides is 2. The van der Waals surface area contributed by atoms with Crippen molar-refractivity contribution < 1.29 is 14.0 Å².